The van der Waals surface area contributed by atoms with Crippen LogP contribution in [0.5, 0.6) is 0 Å². The van der Waals surface area contributed by atoms with E-state index in [0.29, 0.717) is 27.0 Å². The highest BCUT2D eigenvalue weighted by molar-refractivity contribution is 6.35. The molecule has 0 fully saturated rings. The number of benzene rings is 2. The number of rotatable bonds is 3. The number of alkyl halides is 3. The molecule has 2 N–H and O–H groups in total. The molecule has 0 unspecified atom stereocenters. The summed E-state index contributed by atoms with van der Waals surface area (Å²) in [6, 6.07) is 8.22. The van der Waals surface area contributed by atoms with Crippen molar-refractivity contribution in [1.82, 2.24) is 5.16 Å². The van der Waals surface area contributed by atoms with Crippen LogP contribution in [0.15, 0.2) is 47.0 Å². The van der Waals surface area contributed by atoms with Gasteiger partial charge in [0.1, 0.15) is 11.4 Å². The maximum atomic E-state index is 12.7. The van der Waals surface area contributed by atoms with Crippen LogP contribution >= 0.6 is 23.2 Å². The van der Waals surface area contributed by atoms with Crippen LogP contribution in [0, 0.1) is 6.92 Å². The Morgan fingerprint density at radius 3 is 2.21 bits per heavy atom. The highest BCUT2D eigenvalue weighted by Crippen LogP contribution is 2.34. The second-order valence-electron chi connectivity index (χ2n) is 5.78. The number of nitrogens with one attached hydrogen (secondary N) is 2. The monoisotopic (exact) mass is 429 g/mol. The zero-order valence-corrected chi connectivity index (χ0v) is 15.7. The van der Waals surface area contributed by atoms with Crippen molar-refractivity contribution in [1.29, 1.82) is 0 Å². The van der Waals surface area contributed by atoms with E-state index in [1.165, 1.54) is 30.3 Å². The van der Waals surface area contributed by atoms with Crippen molar-refractivity contribution < 1.29 is 22.5 Å². The lowest BCUT2D eigenvalue weighted by atomic mass is 10.1. The number of carbonyl (C=O) groups excluding carboxylic acids is 1. The molecule has 146 valence electrons. The summed E-state index contributed by atoms with van der Waals surface area (Å²) in [7, 11) is 0. The highest BCUT2D eigenvalue weighted by Gasteiger charge is 2.30. The normalized spacial score (nSPS) is 11.4. The lowest BCUT2D eigenvalue weighted by Crippen LogP contribution is -2.20. The second kappa shape index (κ2) is 7.73. The molecule has 3 aromatic rings. The summed E-state index contributed by atoms with van der Waals surface area (Å²) >= 11 is 11.8. The summed E-state index contributed by atoms with van der Waals surface area (Å²) in [6.45, 7) is 1.59. The van der Waals surface area contributed by atoms with E-state index >= 15 is 0 Å². The van der Waals surface area contributed by atoms with Gasteiger partial charge in [0.25, 0.3) is 0 Å². The van der Waals surface area contributed by atoms with E-state index in [0.717, 1.165) is 12.1 Å². The summed E-state index contributed by atoms with van der Waals surface area (Å²) in [4.78, 5) is 12.3. The summed E-state index contributed by atoms with van der Waals surface area (Å²) in [5, 5.41) is 9.59. The minimum atomic E-state index is -4.45. The van der Waals surface area contributed by atoms with Gasteiger partial charge in [0, 0.05) is 21.3 Å². The molecule has 2 amide bonds. The van der Waals surface area contributed by atoms with Gasteiger partial charge in [-0.05, 0) is 37.3 Å². The molecule has 0 aliphatic carbocycles. The molecule has 1 heterocycles. The Bertz CT molecular complexity index is 998. The van der Waals surface area contributed by atoms with E-state index in [9.17, 15) is 18.0 Å². The Hall–Kier alpha value is -2.71. The van der Waals surface area contributed by atoms with Crippen molar-refractivity contribution in [2.24, 2.45) is 0 Å². The number of amides is 2. The fourth-order valence-corrected chi connectivity index (χ4v) is 2.95. The Morgan fingerprint density at radius 1 is 1.04 bits per heavy atom. The van der Waals surface area contributed by atoms with Crippen LogP contribution in [0.2, 0.25) is 10.0 Å². The number of carbonyl (C=O) groups is 1. The van der Waals surface area contributed by atoms with Gasteiger partial charge in [-0.25, -0.2) is 4.79 Å². The van der Waals surface area contributed by atoms with E-state index in [1.807, 2.05) is 0 Å². The van der Waals surface area contributed by atoms with Crippen molar-refractivity contribution in [2.45, 2.75) is 13.1 Å². The minimum absolute atomic E-state index is 0.130. The lowest BCUT2D eigenvalue weighted by molar-refractivity contribution is -0.137. The number of hydrogen-bond acceptors (Lipinski definition) is 3. The molecule has 3 rings (SSSR count). The molecule has 2 aromatic carbocycles. The van der Waals surface area contributed by atoms with Crippen molar-refractivity contribution in [3.05, 3.63) is 63.8 Å². The summed E-state index contributed by atoms with van der Waals surface area (Å²) < 4.78 is 43.3. The fraction of sp³-hybridized carbons (Fsp3) is 0.111. The van der Waals surface area contributed by atoms with Gasteiger partial charge in [0.15, 0.2) is 5.76 Å². The molecule has 1 aromatic heterocycles. The van der Waals surface area contributed by atoms with E-state index in [-0.39, 0.29) is 11.4 Å². The standard InChI is InChI=1S/C18H12Cl2F3N3O2/c1-9-15(25-17(27)24-14-7-12(19)6-13(20)8-14)16(28-26-9)10-2-4-11(5-3-10)18(21,22)23/h2-8H,1H3,(H2,24,25,27). The van der Waals surface area contributed by atoms with Crippen molar-refractivity contribution in [3.63, 3.8) is 0 Å². The molecule has 10 heteroatoms. The first-order valence-corrected chi connectivity index (χ1v) is 8.57. The quantitative estimate of drug-likeness (QED) is 0.491. The third kappa shape index (κ3) is 4.58. The Labute approximate surface area is 167 Å². The molecule has 28 heavy (non-hydrogen) atoms. The van der Waals surface area contributed by atoms with Crippen LogP contribution in [-0.2, 0) is 6.18 Å². The van der Waals surface area contributed by atoms with Crippen molar-refractivity contribution >= 4 is 40.6 Å². The molecule has 0 bridgehead atoms. The lowest BCUT2D eigenvalue weighted by Gasteiger charge is -2.10. The Morgan fingerprint density at radius 2 is 1.64 bits per heavy atom. The molecule has 0 spiro atoms. The largest absolute Gasteiger partial charge is 0.416 e. The van der Waals surface area contributed by atoms with Crippen LogP contribution in [0.1, 0.15) is 11.3 Å². The van der Waals surface area contributed by atoms with Crippen LogP contribution in [0.3, 0.4) is 0 Å². The summed E-state index contributed by atoms with van der Waals surface area (Å²) in [5.41, 5.74) is 0.479. The molecule has 0 radical (unpaired) electrons. The maximum Gasteiger partial charge on any atom is 0.416 e. The zero-order chi connectivity index (χ0) is 20.5. The van der Waals surface area contributed by atoms with Crippen LogP contribution in [0.4, 0.5) is 29.3 Å². The van der Waals surface area contributed by atoms with Gasteiger partial charge in [-0.15, -0.1) is 0 Å². The zero-order valence-electron chi connectivity index (χ0n) is 14.2. The van der Waals surface area contributed by atoms with Crippen LogP contribution in [0.25, 0.3) is 11.3 Å². The van der Waals surface area contributed by atoms with Crippen molar-refractivity contribution in [3.8, 4) is 11.3 Å². The van der Waals surface area contributed by atoms with Gasteiger partial charge in [0.2, 0.25) is 0 Å². The first-order valence-electron chi connectivity index (χ1n) is 7.81. The molecule has 0 aliphatic rings. The maximum absolute atomic E-state index is 12.7. The SMILES string of the molecule is Cc1noc(-c2ccc(C(F)(F)F)cc2)c1NC(=O)Nc1cc(Cl)cc(Cl)c1. The number of urea groups is 1. The first-order chi connectivity index (χ1) is 13.1. The molecule has 5 nitrogen and oxygen atoms in total. The summed E-state index contributed by atoms with van der Waals surface area (Å²) in [6.07, 6.45) is -4.45. The minimum Gasteiger partial charge on any atom is -0.354 e. The number of nitrogens with zero attached hydrogens (tertiary/aromatic N) is 1. The molecule has 0 aliphatic heterocycles. The fourth-order valence-electron chi connectivity index (χ4n) is 2.43. The van der Waals surface area contributed by atoms with E-state index in [1.54, 1.807) is 6.92 Å². The highest BCUT2D eigenvalue weighted by atomic mass is 35.5. The topological polar surface area (TPSA) is 67.2 Å². The predicted octanol–water partition coefficient (Wildman–Crippen LogP) is 6.62. The van der Waals surface area contributed by atoms with Gasteiger partial charge < -0.3 is 15.2 Å². The number of halogens is 5. The van der Waals surface area contributed by atoms with Crippen molar-refractivity contribution in [2.75, 3.05) is 10.6 Å². The second-order valence-corrected chi connectivity index (χ2v) is 6.66. The smallest absolute Gasteiger partial charge is 0.354 e. The predicted molar refractivity (Wildman–Crippen MR) is 101 cm³/mol. The van der Waals surface area contributed by atoms with Gasteiger partial charge in [-0.1, -0.05) is 40.5 Å². The molecular weight excluding hydrogens is 418 g/mol. The number of anilines is 2. The van der Waals surface area contributed by atoms with E-state index in [2.05, 4.69) is 15.8 Å². The van der Waals surface area contributed by atoms with Gasteiger partial charge in [-0.2, -0.15) is 13.2 Å². The molecule has 0 atom stereocenters. The van der Waals surface area contributed by atoms with Crippen LogP contribution < -0.4 is 10.6 Å². The first kappa shape index (κ1) is 20.0. The summed E-state index contributed by atoms with van der Waals surface area (Å²) in [5.74, 6) is 0.130. The average molecular weight is 430 g/mol. The molecule has 0 saturated heterocycles. The number of aromatic nitrogens is 1. The van der Waals surface area contributed by atoms with Gasteiger partial charge >= 0.3 is 12.2 Å². The average Bonchev–Trinajstić information content (AvgIpc) is 2.94. The Kier molecular flexibility index (Phi) is 5.53. The Balaban J connectivity index is 1.82. The van der Waals surface area contributed by atoms with Crippen LogP contribution in [-0.4, -0.2) is 11.2 Å². The number of aryl methyl sites for hydroxylation is 1. The molecule has 0 saturated carbocycles. The third-order valence-corrected chi connectivity index (χ3v) is 4.13. The third-order valence-electron chi connectivity index (χ3n) is 3.70. The van der Waals surface area contributed by atoms with E-state index in [4.69, 9.17) is 27.7 Å². The van der Waals surface area contributed by atoms with Gasteiger partial charge in [0.05, 0.1) is 5.56 Å². The number of hydrogen-bond donors (Lipinski definition) is 2. The molecular formula is C18H12Cl2F3N3O2. The van der Waals surface area contributed by atoms with E-state index < -0.39 is 17.8 Å². The van der Waals surface area contributed by atoms with Gasteiger partial charge in [-0.3, -0.25) is 0 Å².